The third kappa shape index (κ3) is 4.18. The Morgan fingerprint density at radius 3 is 2.71 bits per heavy atom. The van der Waals surface area contributed by atoms with E-state index in [0.717, 1.165) is 49.4 Å². The van der Waals surface area contributed by atoms with Crippen molar-refractivity contribution in [1.29, 1.82) is 0 Å². The van der Waals surface area contributed by atoms with E-state index in [1.807, 2.05) is 18.2 Å². The van der Waals surface area contributed by atoms with E-state index in [1.54, 1.807) is 6.08 Å². The molecule has 2 heterocycles. The molecule has 0 saturated carbocycles. The standard InChI is InChI=1S/C24H25NO3/c1-27-23(26)10-8-19-7-9-22-21(17-19)11-12-24(28-22)13-15-25(16-14-24)18-20-5-3-2-4-6-20/h2-12,17H,13-16,18H2,1H3/b10-8+. The maximum absolute atomic E-state index is 11.3. The van der Waals surface area contributed by atoms with Crippen LogP contribution in [0.1, 0.15) is 29.5 Å². The van der Waals surface area contributed by atoms with E-state index in [1.165, 1.54) is 18.7 Å². The predicted molar refractivity (Wildman–Crippen MR) is 111 cm³/mol. The van der Waals surface area contributed by atoms with Crippen molar-refractivity contribution in [3.63, 3.8) is 0 Å². The molecular weight excluding hydrogens is 350 g/mol. The molecule has 1 fully saturated rings. The quantitative estimate of drug-likeness (QED) is 0.590. The molecule has 28 heavy (non-hydrogen) atoms. The number of hydrogen-bond donors (Lipinski definition) is 0. The lowest BCUT2D eigenvalue weighted by atomic mass is 9.87. The van der Waals surface area contributed by atoms with Gasteiger partial charge in [0.25, 0.3) is 0 Å². The van der Waals surface area contributed by atoms with E-state index in [4.69, 9.17) is 4.74 Å². The van der Waals surface area contributed by atoms with Gasteiger partial charge in [0.05, 0.1) is 7.11 Å². The molecule has 1 saturated heterocycles. The Bertz CT molecular complexity index is 893. The highest BCUT2D eigenvalue weighted by molar-refractivity contribution is 5.87. The van der Waals surface area contributed by atoms with Gasteiger partial charge >= 0.3 is 5.97 Å². The molecule has 0 bridgehead atoms. The average molecular weight is 375 g/mol. The zero-order valence-electron chi connectivity index (χ0n) is 16.1. The predicted octanol–water partition coefficient (Wildman–Crippen LogP) is 4.31. The Balaban J connectivity index is 1.40. The van der Waals surface area contributed by atoms with E-state index in [9.17, 15) is 4.79 Å². The SMILES string of the molecule is COC(=O)/C=C/c1ccc2c(c1)C=CC1(CCN(Cc3ccccc3)CC1)O2. The number of carbonyl (C=O) groups is 1. The van der Waals surface area contributed by atoms with Crippen LogP contribution in [0.3, 0.4) is 0 Å². The van der Waals surface area contributed by atoms with Gasteiger partial charge in [0.15, 0.2) is 0 Å². The van der Waals surface area contributed by atoms with Crippen LogP contribution in [0.15, 0.2) is 60.7 Å². The number of benzene rings is 2. The molecule has 4 nitrogen and oxygen atoms in total. The van der Waals surface area contributed by atoms with Crippen molar-refractivity contribution in [2.75, 3.05) is 20.2 Å². The van der Waals surface area contributed by atoms with Crippen LogP contribution >= 0.6 is 0 Å². The van der Waals surface area contributed by atoms with Gasteiger partial charge in [-0.2, -0.15) is 0 Å². The van der Waals surface area contributed by atoms with Crippen molar-refractivity contribution in [3.05, 3.63) is 77.4 Å². The van der Waals surface area contributed by atoms with Crippen LogP contribution < -0.4 is 4.74 Å². The smallest absolute Gasteiger partial charge is 0.330 e. The molecular formula is C24H25NO3. The van der Waals surface area contributed by atoms with Gasteiger partial charge in [0.2, 0.25) is 0 Å². The van der Waals surface area contributed by atoms with E-state index in [-0.39, 0.29) is 11.6 Å². The molecule has 144 valence electrons. The van der Waals surface area contributed by atoms with Gasteiger partial charge in [-0.25, -0.2) is 4.79 Å². The van der Waals surface area contributed by atoms with Crippen LogP contribution in [-0.4, -0.2) is 36.7 Å². The monoisotopic (exact) mass is 375 g/mol. The van der Waals surface area contributed by atoms with Crippen molar-refractivity contribution in [2.24, 2.45) is 0 Å². The Labute approximate surface area is 166 Å². The van der Waals surface area contributed by atoms with Gasteiger partial charge in [-0.05, 0) is 35.4 Å². The molecule has 2 aromatic carbocycles. The summed E-state index contributed by atoms with van der Waals surface area (Å²) in [5.41, 5.74) is 3.15. The second kappa shape index (κ2) is 8.03. The first-order chi connectivity index (χ1) is 13.7. The number of nitrogens with zero attached hydrogens (tertiary/aromatic N) is 1. The molecule has 1 spiro atoms. The molecule has 0 aromatic heterocycles. The van der Waals surface area contributed by atoms with Crippen molar-refractivity contribution >= 4 is 18.1 Å². The summed E-state index contributed by atoms with van der Waals surface area (Å²) >= 11 is 0. The lowest BCUT2D eigenvalue weighted by Crippen LogP contribution is -2.47. The number of ether oxygens (including phenoxy) is 2. The van der Waals surface area contributed by atoms with Gasteiger partial charge in [-0.3, -0.25) is 4.90 Å². The minimum Gasteiger partial charge on any atom is -0.482 e. The van der Waals surface area contributed by atoms with Crippen LogP contribution in [0.25, 0.3) is 12.2 Å². The molecule has 4 rings (SSSR count). The van der Waals surface area contributed by atoms with Crippen molar-refractivity contribution in [3.8, 4) is 5.75 Å². The van der Waals surface area contributed by atoms with Crippen molar-refractivity contribution in [2.45, 2.75) is 25.0 Å². The second-order valence-electron chi connectivity index (χ2n) is 7.42. The lowest BCUT2D eigenvalue weighted by Gasteiger charge is -2.42. The largest absolute Gasteiger partial charge is 0.482 e. The Morgan fingerprint density at radius 1 is 1.18 bits per heavy atom. The zero-order valence-corrected chi connectivity index (χ0v) is 16.1. The van der Waals surface area contributed by atoms with Crippen LogP contribution in [-0.2, 0) is 16.1 Å². The number of piperidine rings is 1. The highest BCUT2D eigenvalue weighted by atomic mass is 16.5. The molecule has 2 aliphatic heterocycles. The summed E-state index contributed by atoms with van der Waals surface area (Å²) in [6.45, 7) is 3.04. The molecule has 0 amide bonds. The van der Waals surface area contributed by atoms with Crippen LogP contribution in [0, 0.1) is 0 Å². The Kier molecular flexibility index (Phi) is 5.31. The third-order valence-corrected chi connectivity index (χ3v) is 5.48. The summed E-state index contributed by atoms with van der Waals surface area (Å²) in [5, 5.41) is 0. The number of fused-ring (bicyclic) bond motifs is 1. The molecule has 0 aliphatic carbocycles. The maximum atomic E-state index is 11.3. The molecule has 0 N–H and O–H groups in total. The first-order valence-electron chi connectivity index (χ1n) is 9.70. The molecule has 0 radical (unpaired) electrons. The fourth-order valence-electron chi connectivity index (χ4n) is 3.82. The number of likely N-dealkylation sites (tertiary alicyclic amines) is 1. The maximum Gasteiger partial charge on any atom is 0.330 e. The highest BCUT2D eigenvalue weighted by Gasteiger charge is 2.36. The average Bonchev–Trinajstić information content (AvgIpc) is 2.74. The third-order valence-electron chi connectivity index (χ3n) is 5.48. The van der Waals surface area contributed by atoms with E-state index < -0.39 is 0 Å². The summed E-state index contributed by atoms with van der Waals surface area (Å²) in [5.74, 6) is 0.556. The van der Waals surface area contributed by atoms with Gasteiger partial charge in [0.1, 0.15) is 11.4 Å². The first kappa shape index (κ1) is 18.5. The number of esters is 1. The van der Waals surface area contributed by atoms with Gasteiger partial charge in [-0.1, -0.05) is 42.5 Å². The van der Waals surface area contributed by atoms with E-state index in [2.05, 4.69) is 52.1 Å². The number of carbonyl (C=O) groups excluding carboxylic acids is 1. The van der Waals surface area contributed by atoms with Crippen molar-refractivity contribution < 1.29 is 14.3 Å². The number of methoxy groups -OCH3 is 1. The molecule has 0 atom stereocenters. The summed E-state index contributed by atoms with van der Waals surface area (Å²) < 4.78 is 11.1. The van der Waals surface area contributed by atoms with Crippen LogP contribution in [0.5, 0.6) is 5.75 Å². The van der Waals surface area contributed by atoms with E-state index >= 15 is 0 Å². The topological polar surface area (TPSA) is 38.8 Å². The Hall–Kier alpha value is -2.85. The normalized spacial score (nSPS) is 18.0. The summed E-state index contributed by atoms with van der Waals surface area (Å²) in [6.07, 6.45) is 9.52. The summed E-state index contributed by atoms with van der Waals surface area (Å²) in [7, 11) is 1.38. The van der Waals surface area contributed by atoms with E-state index in [0.29, 0.717) is 0 Å². The molecule has 0 unspecified atom stereocenters. The summed E-state index contributed by atoms with van der Waals surface area (Å²) in [6, 6.07) is 16.6. The lowest BCUT2D eigenvalue weighted by molar-refractivity contribution is -0.134. The molecule has 4 heteroatoms. The number of hydrogen-bond acceptors (Lipinski definition) is 4. The minimum absolute atomic E-state index is 0.205. The van der Waals surface area contributed by atoms with Gasteiger partial charge in [-0.15, -0.1) is 0 Å². The van der Waals surface area contributed by atoms with Gasteiger partial charge in [0, 0.05) is 44.1 Å². The molecule has 2 aromatic rings. The zero-order chi connectivity index (χ0) is 19.4. The van der Waals surface area contributed by atoms with Crippen LogP contribution in [0.2, 0.25) is 0 Å². The minimum atomic E-state index is -0.356. The fourth-order valence-corrected chi connectivity index (χ4v) is 3.82. The summed E-state index contributed by atoms with van der Waals surface area (Å²) in [4.78, 5) is 13.8. The second-order valence-corrected chi connectivity index (χ2v) is 7.42. The van der Waals surface area contributed by atoms with Gasteiger partial charge < -0.3 is 9.47 Å². The molecule has 2 aliphatic rings. The highest BCUT2D eigenvalue weighted by Crippen LogP contribution is 2.37. The van der Waals surface area contributed by atoms with Crippen molar-refractivity contribution in [1.82, 2.24) is 4.90 Å². The fraction of sp³-hybridized carbons (Fsp3) is 0.292. The van der Waals surface area contributed by atoms with Crippen LogP contribution in [0.4, 0.5) is 0 Å². The Morgan fingerprint density at radius 2 is 1.96 bits per heavy atom. The first-order valence-corrected chi connectivity index (χ1v) is 9.70. The number of rotatable bonds is 4.